The van der Waals surface area contributed by atoms with Crippen molar-refractivity contribution in [2.24, 2.45) is 12.5 Å². The summed E-state index contributed by atoms with van der Waals surface area (Å²) >= 11 is 0. The highest BCUT2D eigenvalue weighted by atomic mass is 16.5. The molecule has 0 unspecified atom stereocenters. The SMILES string of the molecule is CCC1(CC)CCC(c2cc3c4c([n+](C)cnc4c2)-c2c(c4c5c(cccc5c2C)CC4)O3)CC1. The number of benzene rings is 3. The summed E-state index contributed by atoms with van der Waals surface area (Å²) < 4.78 is 9.11. The summed E-state index contributed by atoms with van der Waals surface area (Å²) in [5.41, 5.74) is 9.74. The lowest BCUT2D eigenvalue weighted by atomic mass is 9.66. The summed E-state index contributed by atoms with van der Waals surface area (Å²) in [6, 6.07) is 11.5. The van der Waals surface area contributed by atoms with Crippen molar-refractivity contribution in [1.82, 2.24) is 4.98 Å². The van der Waals surface area contributed by atoms with Crippen molar-refractivity contribution in [3.8, 4) is 22.8 Å². The van der Waals surface area contributed by atoms with Gasteiger partial charge in [0.15, 0.2) is 11.2 Å². The number of nitrogens with zero attached hydrogens (tertiary/aromatic N) is 2. The lowest BCUT2D eigenvalue weighted by Crippen LogP contribution is -2.33. The number of aryl methyl sites for hydroxylation is 4. The van der Waals surface area contributed by atoms with Crippen LogP contribution in [0.3, 0.4) is 0 Å². The van der Waals surface area contributed by atoms with Gasteiger partial charge in [-0.3, -0.25) is 0 Å². The number of ether oxygens (including phenoxy) is 1. The minimum atomic E-state index is 0.552. The third kappa shape index (κ3) is 2.90. The van der Waals surface area contributed by atoms with Crippen LogP contribution in [0.1, 0.15) is 80.5 Å². The van der Waals surface area contributed by atoms with E-state index in [0.29, 0.717) is 11.3 Å². The fourth-order valence-corrected chi connectivity index (χ4v) is 7.54. The minimum Gasteiger partial charge on any atom is -0.455 e. The number of aromatic nitrogens is 2. The van der Waals surface area contributed by atoms with Crippen molar-refractivity contribution in [3.63, 3.8) is 0 Å². The monoisotopic (exact) mass is 463 g/mol. The molecule has 4 aromatic rings. The van der Waals surface area contributed by atoms with Crippen LogP contribution < -0.4 is 9.30 Å². The molecule has 0 spiro atoms. The zero-order chi connectivity index (χ0) is 23.9. The lowest BCUT2D eigenvalue weighted by Gasteiger charge is -2.39. The van der Waals surface area contributed by atoms with Crippen molar-refractivity contribution in [3.05, 3.63) is 58.9 Å². The molecule has 178 valence electrons. The van der Waals surface area contributed by atoms with E-state index < -0.39 is 0 Å². The Morgan fingerprint density at radius 2 is 1.86 bits per heavy atom. The Labute approximate surface area is 208 Å². The first-order chi connectivity index (χ1) is 17.0. The molecule has 0 saturated heterocycles. The van der Waals surface area contributed by atoms with Crippen LogP contribution in [-0.4, -0.2) is 4.98 Å². The molecule has 2 aliphatic carbocycles. The molecule has 7 rings (SSSR count). The van der Waals surface area contributed by atoms with Crippen LogP contribution in [-0.2, 0) is 19.9 Å². The van der Waals surface area contributed by atoms with Gasteiger partial charge in [-0.1, -0.05) is 44.9 Å². The van der Waals surface area contributed by atoms with Crippen LogP contribution in [0, 0.1) is 12.3 Å². The lowest BCUT2D eigenvalue weighted by molar-refractivity contribution is -0.662. The van der Waals surface area contributed by atoms with E-state index in [-0.39, 0.29) is 0 Å². The molecule has 35 heavy (non-hydrogen) atoms. The van der Waals surface area contributed by atoms with E-state index in [9.17, 15) is 0 Å². The maximum absolute atomic E-state index is 6.91. The molecule has 0 N–H and O–H groups in total. The van der Waals surface area contributed by atoms with Crippen molar-refractivity contribution >= 4 is 21.7 Å². The van der Waals surface area contributed by atoms with Gasteiger partial charge in [-0.25, -0.2) is 4.57 Å². The Morgan fingerprint density at radius 3 is 2.63 bits per heavy atom. The quantitative estimate of drug-likeness (QED) is 0.255. The van der Waals surface area contributed by atoms with Crippen molar-refractivity contribution in [1.29, 1.82) is 0 Å². The van der Waals surface area contributed by atoms with Crippen molar-refractivity contribution < 1.29 is 9.30 Å². The van der Waals surface area contributed by atoms with Gasteiger partial charge in [0.25, 0.3) is 6.33 Å². The Morgan fingerprint density at radius 1 is 1.06 bits per heavy atom. The van der Waals surface area contributed by atoms with Gasteiger partial charge < -0.3 is 4.74 Å². The van der Waals surface area contributed by atoms with Crippen LogP contribution in [0.4, 0.5) is 0 Å². The first kappa shape index (κ1) is 21.4. The van der Waals surface area contributed by atoms with Gasteiger partial charge in [0.1, 0.15) is 16.9 Å². The molecular formula is C32H35N2O+. The topological polar surface area (TPSA) is 26.0 Å². The largest absolute Gasteiger partial charge is 0.455 e. The summed E-state index contributed by atoms with van der Waals surface area (Å²) in [6.07, 6.45) is 12.0. The maximum Gasteiger partial charge on any atom is 0.287 e. The van der Waals surface area contributed by atoms with Gasteiger partial charge in [-0.2, -0.15) is 0 Å². The average Bonchev–Trinajstić information content (AvgIpc) is 3.33. The van der Waals surface area contributed by atoms with Gasteiger partial charge in [-0.05, 0) is 101 Å². The van der Waals surface area contributed by atoms with E-state index in [4.69, 9.17) is 9.72 Å². The van der Waals surface area contributed by atoms with Gasteiger partial charge in [0.05, 0.1) is 12.6 Å². The normalized spacial score (nSPS) is 18.2. The summed E-state index contributed by atoms with van der Waals surface area (Å²) in [5.74, 6) is 2.70. The smallest absolute Gasteiger partial charge is 0.287 e. The Hall–Kier alpha value is -2.94. The molecule has 0 bridgehead atoms. The molecule has 1 saturated carbocycles. The van der Waals surface area contributed by atoms with Crippen LogP contribution >= 0.6 is 0 Å². The molecule has 0 atom stereocenters. The Bertz CT molecular complexity index is 1520. The maximum atomic E-state index is 6.91. The fourth-order valence-electron chi connectivity index (χ4n) is 7.54. The number of fused-ring (bicyclic) bond motifs is 3. The summed E-state index contributed by atoms with van der Waals surface area (Å²) in [5, 5.41) is 3.97. The second kappa shape index (κ2) is 7.53. The standard InChI is InChI=1S/C32H35N2O/c1-5-32(6-2)14-12-20(13-15-32)22-16-25-29-26(17-22)35-31-24-11-10-21-8-7-9-23(28(21)24)19(3)27(31)30(29)34(4)18-33-25/h7-9,16-18,20H,5-6,10-15H2,1-4H3/q+1. The Balaban J connectivity index is 1.42. The molecule has 1 fully saturated rings. The molecule has 1 aromatic heterocycles. The van der Waals surface area contributed by atoms with Crippen LogP contribution in [0.5, 0.6) is 11.5 Å². The molecule has 3 aliphatic rings. The van der Waals surface area contributed by atoms with E-state index in [2.05, 4.69) is 62.7 Å². The number of hydrogen-bond acceptors (Lipinski definition) is 2. The molecule has 0 amide bonds. The zero-order valence-electron chi connectivity index (χ0n) is 21.5. The number of rotatable bonds is 3. The minimum absolute atomic E-state index is 0.552. The average molecular weight is 464 g/mol. The predicted octanol–water partition coefficient (Wildman–Crippen LogP) is 7.86. The summed E-state index contributed by atoms with van der Waals surface area (Å²) in [4.78, 5) is 4.90. The third-order valence-electron chi connectivity index (χ3n) is 9.91. The predicted molar refractivity (Wildman–Crippen MR) is 142 cm³/mol. The van der Waals surface area contributed by atoms with Crippen LogP contribution in [0.15, 0.2) is 36.7 Å². The molecule has 0 radical (unpaired) electrons. The molecule has 1 aliphatic heterocycles. The highest BCUT2D eigenvalue weighted by Crippen LogP contribution is 2.54. The van der Waals surface area contributed by atoms with Crippen LogP contribution in [0.2, 0.25) is 0 Å². The fraction of sp³-hybridized carbons (Fsp3) is 0.438. The van der Waals surface area contributed by atoms with E-state index in [1.54, 1.807) is 0 Å². The highest BCUT2D eigenvalue weighted by molar-refractivity contribution is 6.07. The van der Waals surface area contributed by atoms with Crippen LogP contribution in [0.25, 0.3) is 32.9 Å². The van der Waals surface area contributed by atoms with Gasteiger partial charge >= 0.3 is 0 Å². The molecule has 3 nitrogen and oxygen atoms in total. The van der Waals surface area contributed by atoms with E-state index >= 15 is 0 Å². The molecular weight excluding hydrogens is 428 g/mol. The summed E-state index contributed by atoms with van der Waals surface area (Å²) in [6.45, 7) is 7.02. The molecule has 3 aromatic carbocycles. The third-order valence-corrected chi connectivity index (χ3v) is 9.91. The highest BCUT2D eigenvalue weighted by Gasteiger charge is 2.36. The van der Waals surface area contributed by atoms with E-state index in [0.717, 1.165) is 29.9 Å². The molecule has 3 heteroatoms. The molecule has 2 heterocycles. The van der Waals surface area contributed by atoms with Gasteiger partial charge in [0.2, 0.25) is 0 Å². The number of hydrogen-bond donors (Lipinski definition) is 0. The first-order valence-electron chi connectivity index (χ1n) is 13.6. The van der Waals surface area contributed by atoms with Crippen molar-refractivity contribution in [2.45, 2.75) is 78.1 Å². The zero-order valence-corrected chi connectivity index (χ0v) is 21.5. The second-order valence-corrected chi connectivity index (χ2v) is 11.3. The van der Waals surface area contributed by atoms with Gasteiger partial charge in [0, 0.05) is 5.56 Å². The first-order valence-corrected chi connectivity index (χ1v) is 13.6. The Kier molecular flexibility index (Phi) is 4.59. The summed E-state index contributed by atoms with van der Waals surface area (Å²) in [7, 11) is 2.13. The van der Waals surface area contributed by atoms with E-state index in [1.807, 2.05) is 6.33 Å². The van der Waals surface area contributed by atoms with Crippen molar-refractivity contribution in [2.75, 3.05) is 0 Å². The second-order valence-electron chi connectivity index (χ2n) is 11.3. The van der Waals surface area contributed by atoms with Gasteiger partial charge in [-0.15, -0.1) is 0 Å². The van der Waals surface area contributed by atoms with E-state index in [1.165, 1.54) is 88.2 Å².